The summed E-state index contributed by atoms with van der Waals surface area (Å²) in [5.41, 5.74) is 1.05. The molecular formula is C9H13N5OS2. The molecule has 8 heteroatoms. The molecule has 0 bridgehead atoms. The summed E-state index contributed by atoms with van der Waals surface area (Å²) in [5, 5.41) is 24.1. The standard InChI is InChI=1S/C9H13N5OS2/c1-2-8-10-7(5-16-8)6-17-9-11-12-13-14(9)3-4-15/h5,15H,2-4,6H2,1H3. The van der Waals surface area contributed by atoms with Gasteiger partial charge >= 0.3 is 0 Å². The second-order valence-corrected chi connectivity index (χ2v) is 5.17. The Labute approximate surface area is 107 Å². The molecule has 2 rings (SSSR count). The van der Waals surface area contributed by atoms with Crippen LogP contribution >= 0.6 is 23.1 Å². The van der Waals surface area contributed by atoms with Crippen molar-refractivity contribution >= 4 is 23.1 Å². The number of aliphatic hydroxyl groups excluding tert-OH is 1. The topological polar surface area (TPSA) is 76.7 Å². The van der Waals surface area contributed by atoms with Crippen LogP contribution in [0.4, 0.5) is 0 Å². The fourth-order valence-electron chi connectivity index (χ4n) is 1.25. The summed E-state index contributed by atoms with van der Waals surface area (Å²) in [7, 11) is 0. The number of thioether (sulfide) groups is 1. The third kappa shape index (κ3) is 3.24. The molecule has 0 saturated heterocycles. The number of tetrazole rings is 1. The van der Waals surface area contributed by atoms with Crippen molar-refractivity contribution in [3.05, 3.63) is 16.1 Å². The predicted octanol–water partition coefficient (Wildman–Crippen LogP) is 0.977. The summed E-state index contributed by atoms with van der Waals surface area (Å²) in [6.07, 6.45) is 0.970. The second kappa shape index (κ2) is 6.08. The van der Waals surface area contributed by atoms with Crippen LogP contribution in [-0.2, 0) is 18.7 Å². The number of nitrogens with zero attached hydrogens (tertiary/aromatic N) is 5. The van der Waals surface area contributed by atoms with Crippen molar-refractivity contribution in [3.63, 3.8) is 0 Å². The summed E-state index contributed by atoms with van der Waals surface area (Å²) >= 11 is 3.21. The molecule has 1 N–H and O–H groups in total. The lowest BCUT2D eigenvalue weighted by molar-refractivity contribution is 0.262. The highest BCUT2D eigenvalue weighted by Gasteiger charge is 2.08. The number of thiazole rings is 1. The zero-order valence-corrected chi connectivity index (χ0v) is 11.0. The molecule has 0 fully saturated rings. The van der Waals surface area contributed by atoms with Crippen LogP contribution in [0.1, 0.15) is 17.6 Å². The first-order valence-electron chi connectivity index (χ1n) is 5.26. The third-order valence-corrected chi connectivity index (χ3v) is 4.09. The zero-order chi connectivity index (χ0) is 12.1. The number of aryl methyl sites for hydroxylation is 1. The van der Waals surface area contributed by atoms with Gasteiger partial charge in [0.05, 0.1) is 23.9 Å². The monoisotopic (exact) mass is 271 g/mol. The molecule has 6 nitrogen and oxygen atoms in total. The van der Waals surface area contributed by atoms with Gasteiger partial charge in [0.25, 0.3) is 0 Å². The SMILES string of the molecule is CCc1nc(CSc2nnnn2CCO)cs1. The molecule has 2 aromatic rings. The lowest BCUT2D eigenvalue weighted by Crippen LogP contribution is -2.05. The van der Waals surface area contributed by atoms with E-state index in [1.165, 1.54) is 11.8 Å². The van der Waals surface area contributed by atoms with E-state index >= 15 is 0 Å². The maximum atomic E-state index is 8.85. The van der Waals surface area contributed by atoms with Crippen LogP contribution in [0.15, 0.2) is 10.5 Å². The second-order valence-electron chi connectivity index (χ2n) is 3.28. The average Bonchev–Trinajstić information content (AvgIpc) is 2.95. The molecule has 0 atom stereocenters. The molecule has 2 heterocycles. The third-order valence-electron chi connectivity index (χ3n) is 2.06. The van der Waals surface area contributed by atoms with E-state index < -0.39 is 0 Å². The first-order valence-corrected chi connectivity index (χ1v) is 7.13. The quantitative estimate of drug-likeness (QED) is 0.789. The minimum atomic E-state index is 0.0370. The molecule has 2 aromatic heterocycles. The van der Waals surface area contributed by atoms with Crippen LogP contribution in [0.5, 0.6) is 0 Å². The summed E-state index contributed by atoms with van der Waals surface area (Å²) in [6.45, 7) is 2.56. The number of hydrogen-bond donors (Lipinski definition) is 1. The van der Waals surface area contributed by atoms with Crippen LogP contribution in [0, 0.1) is 0 Å². The van der Waals surface area contributed by atoms with Gasteiger partial charge in [0.1, 0.15) is 0 Å². The molecule has 0 aliphatic heterocycles. The summed E-state index contributed by atoms with van der Waals surface area (Å²) in [4.78, 5) is 4.47. The highest BCUT2D eigenvalue weighted by molar-refractivity contribution is 7.98. The molecule has 0 spiro atoms. The number of rotatable bonds is 6. The van der Waals surface area contributed by atoms with Gasteiger partial charge in [0.2, 0.25) is 5.16 Å². The van der Waals surface area contributed by atoms with Gasteiger partial charge in [-0.1, -0.05) is 18.7 Å². The van der Waals surface area contributed by atoms with Gasteiger partial charge in [0, 0.05) is 11.1 Å². The molecule has 0 aliphatic rings. The van der Waals surface area contributed by atoms with Crippen molar-refractivity contribution in [2.45, 2.75) is 30.8 Å². The minimum Gasteiger partial charge on any atom is -0.394 e. The van der Waals surface area contributed by atoms with E-state index in [1.54, 1.807) is 16.0 Å². The molecule has 0 amide bonds. The van der Waals surface area contributed by atoms with Crippen molar-refractivity contribution in [2.75, 3.05) is 6.61 Å². The Kier molecular flexibility index (Phi) is 4.46. The van der Waals surface area contributed by atoms with Crippen molar-refractivity contribution in [1.82, 2.24) is 25.2 Å². The molecule has 92 valence electrons. The fraction of sp³-hybridized carbons (Fsp3) is 0.556. The molecule has 0 radical (unpaired) electrons. The first kappa shape index (κ1) is 12.5. The largest absolute Gasteiger partial charge is 0.394 e. The van der Waals surface area contributed by atoms with Gasteiger partial charge in [-0.2, -0.15) is 0 Å². The Hall–Kier alpha value is -0.990. The van der Waals surface area contributed by atoms with E-state index in [0.29, 0.717) is 11.7 Å². The lowest BCUT2D eigenvalue weighted by atomic mass is 10.5. The van der Waals surface area contributed by atoms with Gasteiger partial charge in [-0.25, -0.2) is 9.67 Å². The van der Waals surface area contributed by atoms with Crippen LogP contribution in [-0.4, -0.2) is 36.9 Å². The molecule has 17 heavy (non-hydrogen) atoms. The lowest BCUT2D eigenvalue weighted by Gasteiger charge is -2.00. The van der Waals surface area contributed by atoms with E-state index in [0.717, 1.165) is 22.9 Å². The van der Waals surface area contributed by atoms with E-state index in [4.69, 9.17) is 5.11 Å². The smallest absolute Gasteiger partial charge is 0.209 e. The Morgan fingerprint density at radius 3 is 3.12 bits per heavy atom. The van der Waals surface area contributed by atoms with Crippen molar-refractivity contribution in [3.8, 4) is 0 Å². The summed E-state index contributed by atoms with van der Waals surface area (Å²) in [5.74, 6) is 0.752. The molecule has 0 aliphatic carbocycles. The maximum Gasteiger partial charge on any atom is 0.209 e. The Morgan fingerprint density at radius 2 is 2.41 bits per heavy atom. The van der Waals surface area contributed by atoms with E-state index in [2.05, 4.69) is 32.8 Å². The van der Waals surface area contributed by atoms with Gasteiger partial charge < -0.3 is 5.11 Å². The Morgan fingerprint density at radius 1 is 1.53 bits per heavy atom. The maximum absolute atomic E-state index is 8.85. The minimum absolute atomic E-state index is 0.0370. The summed E-state index contributed by atoms with van der Waals surface area (Å²) < 4.78 is 1.60. The molecular weight excluding hydrogens is 258 g/mol. The number of aromatic nitrogens is 5. The predicted molar refractivity (Wildman–Crippen MR) is 66.0 cm³/mol. The van der Waals surface area contributed by atoms with Crippen molar-refractivity contribution in [2.24, 2.45) is 0 Å². The van der Waals surface area contributed by atoms with E-state index in [-0.39, 0.29) is 6.61 Å². The number of aliphatic hydroxyl groups is 1. The fourth-order valence-corrected chi connectivity index (χ4v) is 2.90. The van der Waals surface area contributed by atoms with Gasteiger partial charge in [0.15, 0.2) is 0 Å². The van der Waals surface area contributed by atoms with E-state index in [1.807, 2.05) is 0 Å². The average molecular weight is 271 g/mol. The highest BCUT2D eigenvalue weighted by atomic mass is 32.2. The van der Waals surface area contributed by atoms with Crippen molar-refractivity contribution < 1.29 is 5.11 Å². The highest BCUT2D eigenvalue weighted by Crippen LogP contribution is 2.21. The van der Waals surface area contributed by atoms with Crippen molar-refractivity contribution in [1.29, 1.82) is 0 Å². The van der Waals surface area contributed by atoms with Crippen LogP contribution in [0.25, 0.3) is 0 Å². The van der Waals surface area contributed by atoms with Gasteiger partial charge in [-0.3, -0.25) is 0 Å². The molecule has 0 saturated carbocycles. The van der Waals surface area contributed by atoms with Crippen LogP contribution < -0.4 is 0 Å². The van der Waals surface area contributed by atoms with Gasteiger partial charge in [-0.05, 0) is 16.8 Å². The number of hydrogen-bond acceptors (Lipinski definition) is 7. The zero-order valence-electron chi connectivity index (χ0n) is 9.41. The summed E-state index contributed by atoms with van der Waals surface area (Å²) in [6, 6.07) is 0. The molecule has 0 unspecified atom stereocenters. The first-order chi connectivity index (χ1) is 8.33. The van der Waals surface area contributed by atoms with E-state index in [9.17, 15) is 0 Å². The van der Waals surface area contributed by atoms with Crippen LogP contribution in [0.3, 0.4) is 0 Å². The Balaban J connectivity index is 1.94. The van der Waals surface area contributed by atoms with Crippen LogP contribution in [0.2, 0.25) is 0 Å². The van der Waals surface area contributed by atoms with Gasteiger partial charge in [-0.15, -0.1) is 16.4 Å². The normalized spacial score (nSPS) is 10.9. The Bertz CT molecular complexity index is 469. The molecule has 0 aromatic carbocycles.